The van der Waals surface area contributed by atoms with Gasteiger partial charge in [-0.05, 0) is 70.9 Å². The number of ether oxygens (including phenoxy) is 9. The average molecular weight is 1090 g/mol. The Morgan fingerprint density at radius 3 is 1.30 bits per heavy atom. The summed E-state index contributed by atoms with van der Waals surface area (Å²) in [5.74, 6) is -1.10. The molecule has 12 saturated heterocycles. The van der Waals surface area contributed by atoms with Crippen LogP contribution >= 0.6 is 24.4 Å². The molecule has 8 bridgehead atoms. The molecule has 12 fully saturated rings. The van der Waals surface area contributed by atoms with Crippen LogP contribution in [0.4, 0.5) is 4.79 Å². The SMILES string of the molecule is CC(C)(C)OC(=O)NCCN(CCNC(=S)NCC1O[C@H]2OC3C(CO)O[C@@H](OCCCCC1C(O)C2O)C(O)C3O)CCNC(=S)NCC1O[C@H]2OC3C(CO)O[C@@H](OCCCCC1C(O)C2O)C(O)C3O. The molecule has 422 valence electrons. The predicted molar refractivity (Wildman–Crippen MR) is 261 cm³/mol. The number of nitrogens with zero attached hydrogens (tertiary/aromatic N) is 1. The van der Waals surface area contributed by atoms with Gasteiger partial charge in [0.1, 0.15) is 66.6 Å². The second kappa shape index (κ2) is 28.5. The lowest BCUT2D eigenvalue weighted by Crippen LogP contribution is -2.64. The first-order valence-corrected chi connectivity index (χ1v) is 26.2. The summed E-state index contributed by atoms with van der Waals surface area (Å²) in [5.41, 5.74) is -0.691. The molecule has 1 amide bonds. The van der Waals surface area contributed by atoms with Gasteiger partial charge in [0.05, 0.1) is 37.6 Å². The van der Waals surface area contributed by atoms with Crippen molar-refractivity contribution in [3.8, 4) is 0 Å². The second-order valence-corrected chi connectivity index (χ2v) is 21.1. The summed E-state index contributed by atoms with van der Waals surface area (Å²) in [4.78, 5) is 14.5. The Labute approximate surface area is 435 Å². The second-order valence-electron chi connectivity index (χ2n) is 20.3. The summed E-state index contributed by atoms with van der Waals surface area (Å²) in [6, 6.07) is 0. The zero-order chi connectivity index (χ0) is 53.0. The van der Waals surface area contributed by atoms with Crippen LogP contribution in [0.3, 0.4) is 0 Å². The quantitative estimate of drug-likeness (QED) is 0.0682. The first kappa shape index (κ1) is 60.1. The fraction of sp³-hybridized carbons (Fsp3) is 0.933. The van der Waals surface area contributed by atoms with E-state index in [9.17, 15) is 55.9 Å². The van der Waals surface area contributed by atoms with E-state index in [0.717, 1.165) is 0 Å². The largest absolute Gasteiger partial charge is 0.444 e. The highest BCUT2D eigenvalue weighted by Gasteiger charge is 2.53. The Hall–Kier alpha value is -2.11. The number of aliphatic hydroxyl groups is 10. The molecular formula is C45H80N6O20S2. The maximum atomic E-state index is 12.5. The number of hydrogen-bond donors (Lipinski definition) is 15. The van der Waals surface area contributed by atoms with E-state index in [-0.39, 0.29) is 43.1 Å². The molecular weight excluding hydrogens is 1010 g/mol. The number of aliphatic hydroxyl groups excluding tert-OH is 10. The number of carbonyl (C=O) groups is 1. The molecule has 16 unspecified atom stereocenters. The van der Waals surface area contributed by atoms with Gasteiger partial charge >= 0.3 is 6.09 Å². The third-order valence-electron chi connectivity index (χ3n) is 13.8. The Bertz CT molecular complexity index is 1610. The van der Waals surface area contributed by atoms with Crippen molar-refractivity contribution in [1.29, 1.82) is 0 Å². The van der Waals surface area contributed by atoms with Crippen molar-refractivity contribution in [3.05, 3.63) is 0 Å². The van der Waals surface area contributed by atoms with Crippen molar-refractivity contribution >= 4 is 40.8 Å². The van der Waals surface area contributed by atoms with Crippen molar-refractivity contribution in [2.75, 3.05) is 78.8 Å². The molecule has 12 rings (SSSR count). The number of alkyl carbamates (subject to hydrolysis) is 1. The number of carbonyl (C=O) groups excluding carboxylic acids is 1. The molecule has 26 nitrogen and oxygen atoms in total. The van der Waals surface area contributed by atoms with E-state index >= 15 is 0 Å². The maximum Gasteiger partial charge on any atom is 0.407 e. The predicted octanol–water partition coefficient (Wildman–Crippen LogP) is -5.08. The summed E-state index contributed by atoms with van der Waals surface area (Å²) in [7, 11) is 0. The minimum absolute atomic E-state index is 0.0918. The summed E-state index contributed by atoms with van der Waals surface area (Å²) in [5, 5.41) is 124. The topological polar surface area (TPSA) is 366 Å². The van der Waals surface area contributed by atoms with E-state index in [1.54, 1.807) is 20.8 Å². The zero-order valence-electron chi connectivity index (χ0n) is 41.6. The lowest BCUT2D eigenvalue weighted by Gasteiger charge is -2.47. The van der Waals surface area contributed by atoms with Gasteiger partial charge < -0.3 is 120 Å². The first-order chi connectivity index (χ1) is 34.8. The highest BCUT2D eigenvalue weighted by atomic mass is 32.1. The highest BCUT2D eigenvalue weighted by molar-refractivity contribution is 7.80. The van der Waals surface area contributed by atoms with Crippen LogP contribution in [0.25, 0.3) is 0 Å². The van der Waals surface area contributed by atoms with Gasteiger partial charge in [0, 0.05) is 77.4 Å². The van der Waals surface area contributed by atoms with E-state index in [2.05, 4.69) is 26.6 Å². The standard InChI is InChI=1S/C45H80N6O20S2/c1-45(2,3)71-44(62)48-12-15-51(13-10-46-42(72)49-18-24-22-8-4-6-16-63-38-34(60)30(56)36(26(20-52)67-38)69-40(65-24)32(58)28(22)54)14-11-47-43(73)50-19-25-23-9-5-7-17-64-39-35(61)31(57)37(27(21-53)68-39)70-41(66-25)33(59)29(23)55/h22-41,52-61H,4-21H2,1-3H3,(H,48,62)(H2,46,49,72)(H2,47,50,73)/t22?,23?,24?,25?,26?,27?,28?,29?,30?,31?,32?,33?,34?,35?,36?,37?,38-,39-,40+,41+/m1/s1. The van der Waals surface area contributed by atoms with Crippen LogP contribution in [0.15, 0.2) is 0 Å². The molecule has 12 heterocycles. The Kier molecular flexibility index (Phi) is 23.5. The van der Waals surface area contributed by atoms with Gasteiger partial charge in [0.25, 0.3) is 0 Å². The molecule has 0 aromatic heterocycles. The van der Waals surface area contributed by atoms with Crippen molar-refractivity contribution in [3.63, 3.8) is 0 Å². The van der Waals surface area contributed by atoms with Crippen molar-refractivity contribution in [2.45, 2.75) is 176 Å². The smallest absolute Gasteiger partial charge is 0.407 e. The third kappa shape index (κ3) is 16.7. The monoisotopic (exact) mass is 1090 g/mol. The zero-order valence-corrected chi connectivity index (χ0v) is 43.2. The number of hydrogen-bond acceptors (Lipinski definition) is 23. The van der Waals surface area contributed by atoms with Gasteiger partial charge in [0.2, 0.25) is 0 Å². The van der Waals surface area contributed by atoms with Gasteiger partial charge in [-0.15, -0.1) is 0 Å². The fourth-order valence-corrected chi connectivity index (χ4v) is 10.2. The van der Waals surface area contributed by atoms with Crippen LogP contribution in [0, 0.1) is 11.8 Å². The molecule has 12 aliphatic rings. The summed E-state index contributed by atoms with van der Waals surface area (Å²) in [6.07, 6.45) is -21.1. The molecule has 0 aromatic carbocycles. The summed E-state index contributed by atoms with van der Waals surface area (Å²) < 4.78 is 52.4. The molecule has 0 aliphatic carbocycles. The average Bonchev–Trinajstić information content (AvgIpc) is 3.34. The van der Waals surface area contributed by atoms with Crippen LogP contribution in [0.5, 0.6) is 0 Å². The minimum Gasteiger partial charge on any atom is -0.444 e. The van der Waals surface area contributed by atoms with Gasteiger partial charge in [0.15, 0.2) is 35.4 Å². The molecule has 12 aliphatic heterocycles. The molecule has 0 radical (unpaired) electrons. The lowest BCUT2D eigenvalue weighted by atomic mass is 9.84. The van der Waals surface area contributed by atoms with E-state index in [1.165, 1.54) is 0 Å². The van der Waals surface area contributed by atoms with E-state index in [1.807, 2.05) is 4.90 Å². The molecule has 0 spiro atoms. The number of amides is 1. The van der Waals surface area contributed by atoms with Gasteiger partial charge in [-0.2, -0.15) is 0 Å². The first-order valence-electron chi connectivity index (χ1n) is 25.3. The molecule has 15 N–H and O–H groups in total. The third-order valence-corrected chi connectivity index (χ3v) is 14.4. The lowest BCUT2D eigenvalue weighted by molar-refractivity contribution is -0.355. The van der Waals surface area contributed by atoms with Crippen LogP contribution in [-0.2, 0) is 42.6 Å². The van der Waals surface area contributed by atoms with Gasteiger partial charge in [-0.3, -0.25) is 4.90 Å². The van der Waals surface area contributed by atoms with Crippen LogP contribution in [0.2, 0.25) is 0 Å². The Morgan fingerprint density at radius 2 is 0.904 bits per heavy atom. The number of rotatable bonds is 15. The normalized spacial score (nSPS) is 39.5. The number of nitrogens with one attached hydrogen (secondary N) is 5. The van der Waals surface area contributed by atoms with E-state index in [0.29, 0.717) is 71.2 Å². The fourth-order valence-electron chi connectivity index (χ4n) is 9.84. The number of thiocarbonyl (C=S) groups is 2. The molecule has 0 aromatic rings. The maximum absolute atomic E-state index is 12.5. The highest BCUT2D eigenvalue weighted by Crippen LogP contribution is 2.36. The van der Waals surface area contributed by atoms with E-state index < -0.39 is 147 Å². The molecule has 0 saturated carbocycles. The van der Waals surface area contributed by atoms with Gasteiger partial charge in [-0.1, -0.05) is 12.8 Å². The van der Waals surface area contributed by atoms with Crippen molar-refractivity contribution in [2.24, 2.45) is 11.8 Å². The van der Waals surface area contributed by atoms with Crippen molar-refractivity contribution in [1.82, 2.24) is 31.5 Å². The van der Waals surface area contributed by atoms with Crippen LogP contribution in [0.1, 0.15) is 59.3 Å². The molecule has 73 heavy (non-hydrogen) atoms. The van der Waals surface area contributed by atoms with Crippen molar-refractivity contribution < 1.29 is 98.5 Å². The van der Waals surface area contributed by atoms with E-state index in [4.69, 9.17) is 67.1 Å². The Morgan fingerprint density at radius 1 is 0.521 bits per heavy atom. The van der Waals surface area contributed by atoms with Crippen LogP contribution in [-0.4, -0.2) is 267 Å². The summed E-state index contributed by atoms with van der Waals surface area (Å²) >= 11 is 11.3. The van der Waals surface area contributed by atoms with Gasteiger partial charge in [-0.25, -0.2) is 4.79 Å². The summed E-state index contributed by atoms with van der Waals surface area (Å²) in [6.45, 7) is 6.85. The molecule has 20 atom stereocenters. The molecule has 28 heteroatoms. The van der Waals surface area contributed by atoms with Crippen LogP contribution < -0.4 is 26.6 Å². The Balaban J connectivity index is 1.01. The minimum atomic E-state index is -1.56.